The number of rotatable bonds is 4. The van der Waals surface area contributed by atoms with Crippen LogP contribution in [0, 0.1) is 0 Å². The van der Waals surface area contributed by atoms with Crippen molar-refractivity contribution in [2.45, 2.75) is 13.0 Å². The van der Waals surface area contributed by atoms with E-state index in [1.165, 1.54) is 0 Å². The van der Waals surface area contributed by atoms with E-state index in [1.54, 1.807) is 25.1 Å². The number of halogens is 2. The van der Waals surface area contributed by atoms with Crippen LogP contribution in [-0.4, -0.2) is 12.0 Å². The van der Waals surface area contributed by atoms with E-state index < -0.39 is 6.10 Å². The van der Waals surface area contributed by atoms with Crippen LogP contribution in [0.4, 0.5) is 5.69 Å². The van der Waals surface area contributed by atoms with Gasteiger partial charge in [-0.05, 0) is 36.6 Å². The van der Waals surface area contributed by atoms with Crippen LogP contribution in [0.3, 0.4) is 0 Å². The minimum absolute atomic E-state index is 0.263. The second kappa shape index (κ2) is 7.12. The number of amides is 1. The van der Waals surface area contributed by atoms with Crippen molar-refractivity contribution >= 4 is 45.6 Å². The van der Waals surface area contributed by atoms with E-state index in [2.05, 4.69) is 5.32 Å². The highest BCUT2D eigenvalue weighted by Gasteiger charge is 2.16. The smallest absolute Gasteiger partial charge is 0.265 e. The summed E-state index contributed by atoms with van der Waals surface area (Å²) in [7, 11) is 0. The van der Waals surface area contributed by atoms with Crippen molar-refractivity contribution < 1.29 is 9.53 Å². The largest absolute Gasteiger partial charge is 0.480 e. The number of benzene rings is 3. The van der Waals surface area contributed by atoms with E-state index in [-0.39, 0.29) is 5.91 Å². The normalized spacial score (nSPS) is 12.0. The molecular formula is C19H15Cl2NO2. The van der Waals surface area contributed by atoms with Crippen molar-refractivity contribution in [3.8, 4) is 5.75 Å². The summed E-state index contributed by atoms with van der Waals surface area (Å²) < 4.78 is 5.84. The van der Waals surface area contributed by atoms with Crippen molar-refractivity contribution in [2.75, 3.05) is 5.32 Å². The number of hydrogen-bond donors (Lipinski definition) is 1. The van der Waals surface area contributed by atoms with E-state index in [4.69, 9.17) is 27.9 Å². The van der Waals surface area contributed by atoms with Gasteiger partial charge in [-0.3, -0.25) is 4.79 Å². The average Bonchev–Trinajstić information content (AvgIpc) is 2.58. The molecule has 1 N–H and O–H groups in total. The standard InChI is InChI=1S/C19H15Cl2NO2/c1-12(19(23)22-14-9-10-16(20)17(21)11-14)24-18-8-4-6-13-5-2-3-7-15(13)18/h2-12H,1H3,(H,22,23)/t12-/m1/s1. The summed E-state index contributed by atoms with van der Waals surface area (Å²) in [4.78, 5) is 12.3. The lowest BCUT2D eigenvalue weighted by atomic mass is 10.1. The first-order valence-electron chi connectivity index (χ1n) is 7.45. The highest BCUT2D eigenvalue weighted by molar-refractivity contribution is 6.42. The third kappa shape index (κ3) is 3.64. The Hall–Kier alpha value is -2.23. The van der Waals surface area contributed by atoms with Gasteiger partial charge in [0.15, 0.2) is 6.10 Å². The molecule has 122 valence electrons. The first-order valence-corrected chi connectivity index (χ1v) is 8.20. The van der Waals surface area contributed by atoms with Crippen LogP contribution in [-0.2, 0) is 4.79 Å². The Bertz CT molecular complexity index is 890. The molecule has 0 spiro atoms. The molecule has 3 aromatic carbocycles. The second-order valence-corrected chi connectivity index (χ2v) is 6.17. The Morgan fingerprint density at radius 3 is 2.54 bits per heavy atom. The fraction of sp³-hybridized carbons (Fsp3) is 0.105. The summed E-state index contributed by atoms with van der Waals surface area (Å²) in [5.41, 5.74) is 0.572. The predicted molar refractivity (Wildman–Crippen MR) is 99.1 cm³/mol. The van der Waals surface area contributed by atoms with Crippen LogP contribution < -0.4 is 10.1 Å². The summed E-state index contributed by atoms with van der Waals surface area (Å²) in [6, 6.07) is 18.6. The third-order valence-corrected chi connectivity index (χ3v) is 4.35. The lowest BCUT2D eigenvalue weighted by molar-refractivity contribution is -0.122. The monoisotopic (exact) mass is 359 g/mol. The molecule has 1 atom stereocenters. The summed E-state index contributed by atoms with van der Waals surface area (Å²) >= 11 is 11.8. The highest BCUT2D eigenvalue weighted by Crippen LogP contribution is 2.27. The van der Waals surface area contributed by atoms with Crippen LogP contribution in [0.25, 0.3) is 10.8 Å². The zero-order valence-corrected chi connectivity index (χ0v) is 14.4. The number of anilines is 1. The molecule has 0 aliphatic rings. The molecule has 0 heterocycles. The Kier molecular flexibility index (Phi) is 4.93. The maximum absolute atomic E-state index is 12.3. The van der Waals surface area contributed by atoms with Crippen LogP contribution in [0.1, 0.15) is 6.92 Å². The maximum Gasteiger partial charge on any atom is 0.265 e. The van der Waals surface area contributed by atoms with E-state index >= 15 is 0 Å². The minimum atomic E-state index is -0.662. The molecule has 0 saturated carbocycles. The van der Waals surface area contributed by atoms with Gasteiger partial charge in [0, 0.05) is 11.1 Å². The predicted octanol–water partition coefficient (Wildman–Crippen LogP) is 5.55. The van der Waals surface area contributed by atoms with Crippen molar-refractivity contribution in [1.29, 1.82) is 0 Å². The zero-order chi connectivity index (χ0) is 17.1. The number of fused-ring (bicyclic) bond motifs is 1. The lowest BCUT2D eigenvalue weighted by Crippen LogP contribution is -2.30. The van der Waals surface area contributed by atoms with Gasteiger partial charge in [-0.15, -0.1) is 0 Å². The van der Waals surface area contributed by atoms with Crippen molar-refractivity contribution in [3.63, 3.8) is 0 Å². The van der Waals surface area contributed by atoms with Gasteiger partial charge in [0.1, 0.15) is 5.75 Å². The molecule has 0 aliphatic carbocycles. The minimum Gasteiger partial charge on any atom is -0.480 e. The molecule has 0 fully saturated rings. The molecular weight excluding hydrogens is 345 g/mol. The Balaban J connectivity index is 1.75. The SMILES string of the molecule is C[C@@H](Oc1cccc2ccccc12)C(=O)Nc1ccc(Cl)c(Cl)c1. The number of carbonyl (C=O) groups excluding carboxylic acids is 1. The van der Waals surface area contributed by atoms with Crippen LogP contribution >= 0.6 is 23.2 Å². The third-order valence-electron chi connectivity index (χ3n) is 3.61. The average molecular weight is 360 g/mol. The van der Waals surface area contributed by atoms with E-state index in [0.717, 1.165) is 10.8 Å². The van der Waals surface area contributed by atoms with Crippen LogP contribution in [0.5, 0.6) is 5.75 Å². The molecule has 1 amide bonds. The molecule has 0 aliphatic heterocycles. The van der Waals surface area contributed by atoms with Gasteiger partial charge < -0.3 is 10.1 Å². The van der Waals surface area contributed by atoms with Crippen molar-refractivity contribution in [3.05, 3.63) is 70.7 Å². The summed E-state index contributed by atoms with van der Waals surface area (Å²) in [6.45, 7) is 1.70. The summed E-state index contributed by atoms with van der Waals surface area (Å²) in [5, 5.41) is 5.63. The number of nitrogens with one attached hydrogen (secondary N) is 1. The zero-order valence-electron chi connectivity index (χ0n) is 12.9. The molecule has 5 heteroatoms. The van der Waals surface area contributed by atoms with Crippen LogP contribution in [0.2, 0.25) is 10.0 Å². The quantitative estimate of drug-likeness (QED) is 0.662. The first kappa shape index (κ1) is 16.6. The van der Waals surface area contributed by atoms with Crippen LogP contribution in [0.15, 0.2) is 60.7 Å². The van der Waals surface area contributed by atoms with E-state index in [1.807, 2.05) is 42.5 Å². The molecule has 0 saturated heterocycles. The Morgan fingerprint density at radius 1 is 1.00 bits per heavy atom. The molecule has 0 aromatic heterocycles. The van der Waals surface area contributed by atoms with Crippen molar-refractivity contribution in [2.24, 2.45) is 0 Å². The van der Waals surface area contributed by atoms with E-state index in [0.29, 0.717) is 21.5 Å². The lowest BCUT2D eigenvalue weighted by Gasteiger charge is -2.16. The van der Waals surface area contributed by atoms with Gasteiger partial charge in [-0.2, -0.15) is 0 Å². The molecule has 3 aromatic rings. The molecule has 0 bridgehead atoms. The molecule has 0 radical (unpaired) electrons. The summed E-state index contributed by atoms with van der Waals surface area (Å²) in [5.74, 6) is 0.409. The Labute approximate surface area is 150 Å². The molecule has 0 unspecified atom stereocenters. The van der Waals surface area contributed by atoms with Gasteiger partial charge >= 0.3 is 0 Å². The fourth-order valence-electron chi connectivity index (χ4n) is 2.36. The fourth-order valence-corrected chi connectivity index (χ4v) is 2.66. The molecule has 24 heavy (non-hydrogen) atoms. The summed E-state index contributed by atoms with van der Waals surface area (Å²) in [6.07, 6.45) is -0.662. The number of hydrogen-bond acceptors (Lipinski definition) is 2. The van der Waals surface area contributed by atoms with Crippen molar-refractivity contribution in [1.82, 2.24) is 0 Å². The van der Waals surface area contributed by atoms with Gasteiger partial charge in [0.2, 0.25) is 0 Å². The maximum atomic E-state index is 12.3. The first-order chi connectivity index (χ1) is 11.5. The van der Waals surface area contributed by atoms with Gasteiger partial charge in [-0.1, -0.05) is 59.6 Å². The van der Waals surface area contributed by atoms with Gasteiger partial charge in [0.05, 0.1) is 10.0 Å². The molecule has 3 rings (SSSR count). The number of carbonyl (C=O) groups is 1. The Morgan fingerprint density at radius 2 is 1.75 bits per heavy atom. The van der Waals surface area contributed by atoms with E-state index in [9.17, 15) is 4.79 Å². The topological polar surface area (TPSA) is 38.3 Å². The second-order valence-electron chi connectivity index (χ2n) is 5.36. The highest BCUT2D eigenvalue weighted by atomic mass is 35.5. The van der Waals surface area contributed by atoms with Gasteiger partial charge in [-0.25, -0.2) is 0 Å². The number of ether oxygens (including phenoxy) is 1. The molecule has 3 nitrogen and oxygen atoms in total. The van der Waals surface area contributed by atoms with Gasteiger partial charge in [0.25, 0.3) is 5.91 Å².